The van der Waals surface area contributed by atoms with Gasteiger partial charge in [0.1, 0.15) is 6.54 Å². The summed E-state index contributed by atoms with van der Waals surface area (Å²) in [6, 6.07) is 6.23. The average molecular weight is 270 g/mol. The maximum absolute atomic E-state index is 12.2. The zero-order valence-corrected chi connectivity index (χ0v) is 10.3. The molecular formula is C13H13F3N2O. The van der Waals surface area contributed by atoms with E-state index in [1.54, 1.807) is 18.2 Å². The highest BCUT2D eigenvalue weighted by Crippen LogP contribution is 2.18. The van der Waals surface area contributed by atoms with Gasteiger partial charge >= 0.3 is 6.18 Å². The van der Waals surface area contributed by atoms with Crippen molar-refractivity contribution in [1.29, 1.82) is 0 Å². The maximum Gasteiger partial charge on any atom is 0.406 e. The van der Waals surface area contributed by atoms with Crippen molar-refractivity contribution < 1.29 is 18.0 Å². The van der Waals surface area contributed by atoms with Gasteiger partial charge in [-0.3, -0.25) is 4.79 Å². The summed E-state index contributed by atoms with van der Waals surface area (Å²) < 4.78 is 36.7. The fraction of sp³-hybridized carbons (Fsp3) is 0.308. The Labute approximate surface area is 109 Å². The van der Waals surface area contributed by atoms with Crippen LogP contribution in [0.5, 0.6) is 0 Å². The minimum absolute atomic E-state index is 0.112. The summed E-state index contributed by atoms with van der Waals surface area (Å²) in [5.74, 6) is 4.52. The standard InChI is InChI=1S/C13H13F3N2O/c1-18(9-13(14,15)16)12(19)11-7-3-2-5-10(11)6-4-8-17/h2-3,5,7H,8-9,17H2,1H3. The average Bonchev–Trinajstić information content (AvgIpc) is 2.33. The molecule has 0 aliphatic carbocycles. The van der Waals surface area contributed by atoms with Crippen LogP contribution in [0.3, 0.4) is 0 Å². The second-order valence-corrected chi connectivity index (χ2v) is 3.83. The zero-order valence-electron chi connectivity index (χ0n) is 10.3. The van der Waals surface area contributed by atoms with E-state index in [0.29, 0.717) is 10.5 Å². The first kappa shape index (κ1) is 15.1. The van der Waals surface area contributed by atoms with Crippen LogP contribution >= 0.6 is 0 Å². The second-order valence-electron chi connectivity index (χ2n) is 3.83. The van der Waals surface area contributed by atoms with Crippen molar-refractivity contribution >= 4 is 5.91 Å². The van der Waals surface area contributed by atoms with Gasteiger partial charge in [0, 0.05) is 12.6 Å². The Morgan fingerprint density at radius 2 is 2.00 bits per heavy atom. The van der Waals surface area contributed by atoms with Crippen LogP contribution in [0, 0.1) is 11.8 Å². The molecule has 1 rings (SSSR count). The molecule has 1 amide bonds. The Morgan fingerprint density at radius 3 is 2.58 bits per heavy atom. The highest BCUT2D eigenvalue weighted by atomic mass is 19.4. The van der Waals surface area contributed by atoms with Crippen molar-refractivity contribution in [3.05, 3.63) is 35.4 Å². The van der Waals surface area contributed by atoms with E-state index in [4.69, 9.17) is 5.73 Å². The monoisotopic (exact) mass is 270 g/mol. The summed E-state index contributed by atoms with van der Waals surface area (Å²) in [7, 11) is 1.10. The van der Waals surface area contributed by atoms with E-state index in [9.17, 15) is 18.0 Å². The lowest BCUT2D eigenvalue weighted by Gasteiger charge is -2.19. The van der Waals surface area contributed by atoms with Crippen LogP contribution in [0.2, 0.25) is 0 Å². The van der Waals surface area contributed by atoms with Gasteiger partial charge in [-0.2, -0.15) is 13.2 Å². The first-order chi connectivity index (χ1) is 8.85. The smallest absolute Gasteiger partial charge is 0.333 e. The number of amides is 1. The summed E-state index contributed by atoms with van der Waals surface area (Å²) in [5.41, 5.74) is 5.73. The quantitative estimate of drug-likeness (QED) is 0.830. The van der Waals surface area contributed by atoms with E-state index in [-0.39, 0.29) is 12.1 Å². The molecule has 0 atom stereocenters. The fourth-order valence-corrected chi connectivity index (χ4v) is 1.47. The number of benzene rings is 1. The summed E-state index contributed by atoms with van der Waals surface area (Å²) in [6.07, 6.45) is -4.43. The van der Waals surface area contributed by atoms with Crippen LogP contribution in [0.4, 0.5) is 13.2 Å². The molecule has 0 saturated carbocycles. The molecule has 0 spiro atoms. The molecule has 2 N–H and O–H groups in total. The second kappa shape index (κ2) is 6.25. The molecular weight excluding hydrogens is 257 g/mol. The van der Waals surface area contributed by atoms with E-state index in [1.807, 2.05) is 0 Å². The molecule has 0 bridgehead atoms. The molecule has 0 unspecified atom stereocenters. The third kappa shape index (κ3) is 4.64. The molecule has 0 aromatic heterocycles. The minimum atomic E-state index is -4.43. The molecule has 102 valence electrons. The Kier molecular flexibility index (Phi) is 4.95. The number of hydrogen-bond donors (Lipinski definition) is 1. The lowest BCUT2D eigenvalue weighted by atomic mass is 10.1. The third-order valence-electron chi connectivity index (χ3n) is 2.25. The van der Waals surface area contributed by atoms with Crippen LogP contribution in [0.1, 0.15) is 15.9 Å². The number of nitrogens with two attached hydrogens (primary N) is 1. The summed E-state index contributed by atoms with van der Waals surface area (Å²) in [6.45, 7) is -1.19. The summed E-state index contributed by atoms with van der Waals surface area (Å²) >= 11 is 0. The molecule has 3 nitrogen and oxygen atoms in total. The van der Waals surface area contributed by atoms with Crippen molar-refractivity contribution in [2.75, 3.05) is 20.1 Å². The minimum Gasteiger partial charge on any atom is -0.333 e. The first-order valence-corrected chi connectivity index (χ1v) is 5.45. The molecule has 0 aliphatic heterocycles. The van der Waals surface area contributed by atoms with Gasteiger partial charge in [0.2, 0.25) is 0 Å². The van der Waals surface area contributed by atoms with Gasteiger partial charge in [0.25, 0.3) is 5.91 Å². The van der Waals surface area contributed by atoms with Gasteiger partial charge in [-0.25, -0.2) is 0 Å². The highest BCUT2D eigenvalue weighted by Gasteiger charge is 2.31. The van der Waals surface area contributed by atoms with Crippen molar-refractivity contribution in [2.24, 2.45) is 5.73 Å². The van der Waals surface area contributed by atoms with E-state index in [2.05, 4.69) is 11.8 Å². The molecule has 0 heterocycles. The van der Waals surface area contributed by atoms with Crippen LogP contribution in [0.15, 0.2) is 24.3 Å². The van der Waals surface area contributed by atoms with Gasteiger partial charge in [-0.05, 0) is 12.1 Å². The van der Waals surface area contributed by atoms with Gasteiger partial charge in [-0.1, -0.05) is 24.0 Å². The van der Waals surface area contributed by atoms with Crippen LogP contribution in [-0.4, -0.2) is 37.1 Å². The van der Waals surface area contributed by atoms with E-state index in [0.717, 1.165) is 7.05 Å². The van der Waals surface area contributed by atoms with Crippen LogP contribution < -0.4 is 5.73 Å². The maximum atomic E-state index is 12.2. The lowest BCUT2D eigenvalue weighted by molar-refractivity contribution is -0.138. The summed E-state index contributed by atoms with van der Waals surface area (Å²) in [4.78, 5) is 12.5. The highest BCUT2D eigenvalue weighted by molar-refractivity contribution is 5.96. The van der Waals surface area contributed by atoms with Gasteiger partial charge in [0.15, 0.2) is 0 Å². The molecule has 1 aromatic rings. The Morgan fingerprint density at radius 1 is 1.37 bits per heavy atom. The number of carbonyl (C=O) groups excluding carboxylic acids is 1. The number of nitrogens with zero attached hydrogens (tertiary/aromatic N) is 1. The van der Waals surface area contributed by atoms with Crippen molar-refractivity contribution in [1.82, 2.24) is 4.90 Å². The number of carbonyl (C=O) groups is 1. The predicted octanol–water partition coefficient (Wildman–Crippen LogP) is 1.63. The molecule has 19 heavy (non-hydrogen) atoms. The third-order valence-corrected chi connectivity index (χ3v) is 2.25. The van der Waals surface area contributed by atoms with Gasteiger partial charge in [0.05, 0.1) is 12.1 Å². The van der Waals surface area contributed by atoms with Crippen LogP contribution in [0.25, 0.3) is 0 Å². The Bertz CT molecular complexity index is 515. The molecule has 1 aromatic carbocycles. The lowest BCUT2D eigenvalue weighted by Crippen LogP contribution is -2.36. The molecule has 0 fully saturated rings. The van der Waals surface area contributed by atoms with Gasteiger partial charge in [-0.15, -0.1) is 0 Å². The molecule has 0 saturated heterocycles. The number of halogens is 3. The number of rotatable bonds is 2. The van der Waals surface area contributed by atoms with E-state index in [1.165, 1.54) is 6.07 Å². The normalized spacial score (nSPS) is 10.6. The molecule has 0 radical (unpaired) electrons. The zero-order chi connectivity index (χ0) is 14.5. The van der Waals surface area contributed by atoms with E-state index >= 15 is 0 Å². The number of alkyl halides is 3. The molecule has 0 aliphatic rings. The fourth-order valence-electron chi connectivity index (χ4n) is 1.47. The predicted molar refractivity (Wildman–Crippen MR) is 65.4 cm³/mol. The SMILES string of the molecule is CN(CC(F)(F)F)C(=O)c1ccccc1C#CCN. The largest absolute Gasteiger partial charge is 0.406 e. The number of hydrogen-bond acceptors (Lipinski definition) is 2. The van der Waals surface area contributed by atoms with Crippen molar-refractivity contribution in [3.63, 3.8) is 0 Å². The van der Waals surface area contributed by atoms with Crippen LogP contribution in [-0.2, 0) is 0 Å². The Balaban J connectivity index is 2.99. The van der Waals surface area contributed by atoms with E-state index < -0.39 is 18.6 Å². The van der Waals surface area contributed by atoms with Crippen molar-refractivity contribution in [3.8, 4) is 11.8 Å². The first-order valence-electron chi connectivity index (χ1n) is 5.45. The van der Waals surface area contributed by atoms with Gasteiger partial charge < -0.3 is 10.6 Å². The Hall–Kier alpha value is -2.00. The summed E-state index contributed by atoms with van der Waals surface area (Å²) in [5, 5.41) is 0. The topological polar surface area (TPSA) is 46.3 Å². The van der Waals surface area contributed by atoms with Crippen molar-refractivity contribution in [2.45, 2.75) is 6.18 Å². The molecule has 6 heteroatoms.